The summed E-state index contributed by atoms with van der Waals surface area (Å²) in [6, 6.07) is 19.2. The molecule has 0 saturated heterocycles. The Bertz CT molecular complexity index is 1070. The average Bonchev–Trinajstić information content (AvgIpc) is 2.74. The number of hydrogen-bond donors (Lipinski definition) is 1. The summed E-state index contributed by atoms with van der Waals surface area (Å²) in [7, 11) is 0. The molecule has 0 radical (unpaired) electrons. The number of nitro groups is 1. The minimum Gasteiger partial charge on any atom is -0.489 e. The molecule has 152 valence electrons. The Morgan fingerprint density at radius 2 is 1.87 bits per heavy atom. The lowest BCUT2D eigenvalue weighted by molar-refractivity contribution is -0.385. The summed E-state index contributed by atoms with van der Waals surface area (Å²) in [5.74, 6) is -0.181. The predicted octanol–water partition coefficient (Wildman–Crippen LogP) is 4.01. The molecule has 30 heavy (non-hydrogen) atoms. The van der Waals surface area contributed by atoms with E-state index in [0.717, 1.165) is 5.56 Å². The van der Waals surface area contributed by atoms with Crippen LogP contribution >= 0.6 is 0 Å². The molecule has 8 heteroatoms. The second kappa shape index (κ2) is 9.92. The minimum atomic E-state index is -0.524. The summed E-state index contributed by atoms with van der Waals surface area (Å²) >= 11 is 0. The molecule has 1 N–H and O–H groups in total. The van der Waals surface area contributed by atoms with Crippen LogP contribution in [0.5, 0.6) is 5.75 Å². The average molecular weight is 407 g/mol. The molecule has 3 aromatic rings. The minimum absolute atomic E-state index is 0.109. The number of nitro benzene ring substituents is 1. The van der Waals surface area contributed by atoms with Crippen molar-refractivity contribution in [1.82, 2.24) is 5.43 Å². The summed E-state index contributed by atoms with van der Waals surface area (Å²) < 4.78 is 18.6. The van der Waals surface area contributed by atoms with E-state index < -0.39 is 10.8 Å². The fraction of sp³-hybridized carbons (Fsp3) is 0.0909. The summed E-state index contributed by atoms with van der Waals surface area (Å²) in [6.07, 6.45) is 1.29. The number of benzene rings is 3. The predicted molar refractivity (Wildman–Crippen MR) is 110 cm³/mol. The van der Waals surface area contributed by atoms with Gasteiger partial charge in [0.25, 0.3) is 5.69 Å². The molecule has 0 spiro atoms. The summed E-state index contributed by atoms with van der Waals surface area (Å²) in [5, 5.41) is 14.9. The highest BCUT2D eigenvalue weighted by atomic mass is 19.1. The van der Waals surface area contributed by atoms with Gasteiger partial charge in [0.2, 0.25) is 5.91 Å². The van der Waals surface area contributed by atoms with E-state index in [-0.39, 0.29) is 24.5 Å². The molecular formula is C22H18FN3O4. The van der Waals surface area contributed by atoms with Crippen molar-refractivity contribution in [3.63, 3.8) is 0 Å². The van der Waals surface area contributed by atoms with Gasteiger partial charge in [0.05, 0.1) is 17.6 Å². The van der Waals surface area contributed by atoms with Crippen molar-refractivity contribution in [2.24, 2.45) is 5.10 Å². The van der Waals surface area contributed by atoms with Crippen molar-refractivity contribution >= 4 is 17.8 Å². The lowest BCUT2D eigenvalue weighted by Crippen LogP contribution is -2.20. The van der Waals surface area contributed by atoms with Gasteiger partial charge in [-0.2, -0.15) is 5.10 Å². The third-order valence-corrected chi connectivity index (χ3v) is 4.12. The number of halogens is 1. The molecule has 0 fully saturated rings. The first-order valence-corrected chi connectivity index (χ1v) is 9.03. The molecule has 0 aliphatic rings. The number of hydrazone groups is 1. The number of rotatable bonds is 8. The lowest BCUT2D eigenvalue weighted by atomic mass is 10.1. The number of carbonyl (C=O) groups excluding carboxylic acids is 1. The smallest absolute Gasteiger partial charge is 0.273 e. The van der Waals surface area contributed by atoms with Gasteiger partial charge in [-0.05, 0) is 35.4 Å². The highest BCUT2D eigenvalue weighted by Crippen LogP contribution is 2.18. The highest BCUT2D eigenvalue weighted by Gasteiger charge is 2.14. The van der Waals surface area contributed by atoms with Crippen molar-refractivity contribution in [2.45, 2.75) is 13.0 Å². The van der Waals surface area contributed by atoms with Crippen LogP contribution in [0, 0.1) is 15.9 Å². The van der Waals surface area contributed by atoms with E-state index in [4.69, 9.17) is 4.74 Å². The first-order valence-electron chi connectivity index (χ1n) is 9.03. The molecule has 0 unspecified atom stereocenters. The monoisotopic (exact) mass is 407 g/mol. The number of para-hydroxylation sites is 1. The molecule has 0 saturated carbocycles. The van der Waals surface area contributed by atoms with Crippen molar-refractivity contribution in [3.8, 4) is 5.75 Å². The van der Waals surface area contributed by atoms with Crippen LogP contribution < -0.4 is 10.2 Å². The van der Waals surface area contributed by atoms with E-state index in [2.05, 4.69) is 10.5 Å². The van der Waals surface area contributed by atoms with Crippen LogP contribution in [0.3, 0.4) is 0 Å². The van der Waals surface area contributed by atoms with Gasteiger partial charge in [-0.1, -0.05) is 42.5 Å². The second-order valence-corrected chi connectivity index (χ2v) is 6.34. The van der Waals surface area contributed by atoms with E-state index in [9.17, 15) is 19.3 Å². The zero-order valence-electron chi connectivity index (χ0n) is 15.8. The fourth-order valence-electron chi connectivity index (χ4n) is 2.66. The molecule has 0 bridgehead atoms. The van der Waals surface area contributed by atoms with E-state index in [1.807, 2.05) is 0 Å². The van der Waals surface area contributed by atoms with Crippen LogP contribution in [0.2, 0.25) is 0 Å². The molecular weight excluding hydrogens is 389 g/mol. The molecule has 0 heterocycles. The van der Waals surface area contributed by atoms with E-state index in [0.29, 0.717) is 16.9 Å². The van der Waals surface area contributed by atoms with E-state index in [1.54, 1.807) is 48.5 Å². The SMILES string of the molecule is O=C(Cc1ccccc1[N+](=O)[O-])NN=Cc1cccc(OCc2ccc(F)cc2)c1. The topological polar surface area (TPSA) is 93.8 Å². The van der Waals surface area contributed by atoms with Gasteiger partial charge in [0.1, 0.15) is 18.2 Å². The van der Waals surface area contributed by atoms with Gasteiger partial charge in [-0.15, -0.1) is 0 Å². The largest absolute Gasteiger partial charge is 0.489 e. The normalized spacial score (nSPS) is 10.7. The van der Waals surface area contributed by atoms with Crippen LogP contribution in [0.25, 0.3) is 0 Å². The Kier molecular flexibility index (Phi) is 6.83. The molecule has 0 aromatic heterocycles. The van der Waals surface area contributed by atoms with Crippen LogP contribution in [-0.4, -0.2) is 17.0 Å². The molecule has 3 aromatic carbocycles. The van der Waals surface area contributed by atoms with Gasteiger partial charge in [-0.3, -0.25) is 14.9 Å². The number of ether oxygens (including phenoxy) is 1. The molecule has 0 atom stereocenters. The molecule has 7 nitrogen and oxygen atoms in total. The standard InChI is InChI=1S/C22H18FN3O4/c23-19-10-8-16(9-11-19)15-30-20-6-3-4-17(12-20)14-24-25-22(27)13-18-5-1-2-7-21(18)26(28)29/h1-12,14H,13,15H2,(H,25,27). The number of hydrogen-bond acceptors (Lipinski definition) is 5. The fourth-order valence-corrected chi connectivity index (χ4v) is 2.66. The van der Waals surface area contributed by atoms with Crippen molar-refractivity contribution in [2.75, 3.05) is 0 Å². The first kappa shape index (κ1) is 20.7. The van der Waals surface area contributed by atoms with Crippen LogP contribution in [0.1, 0.15) is 16.7 Å². The van der Waals surface area contributed by atoms with Crippen LogP contribution in [-0.2, 0) is 17.8 Å². The number of carbonyl (C=O) groups is 1. The lowest BCUT2D eigenvalue weighted by Gasteiger charge is -2.07. The number of nitrogens with one attached hydrogen (secondary N) is 1. The summed E-state index contributed by atoms with van der Waals surface area (Å²) in [4.78, 5) is 22.5. The molecule has 0 aliphatic carbocycles. The van der Waals surface area contributed by atoms with Crippen LogP contribution in [0.15, 0.2) is 77.9 Å². The number of amides is 1. The molecule has 0 aliphatic heterocycles. The summed E-state index contributed by atoms with van der Waals surface area (Å²) in [5.41, 5.74) is 4.09. The van der Waals surface area contributed by atoms with Gasteiger partial charge < -0.3 is 4.74 Å². The molecule has 3 rings (SSSR count). The third kappa shape index (κ3) is 5.96. The Morgan fingerprint density at radius 3 is 2.63 bits per heavy atom. The van der Waals surface area contributed by atoms with Gasteiger partial charge in [-0.25, -0.2) is 9.82 Å². The van der Waals surface area contributed by atoms with E-state index in [1.165, 1.54) is 30.5 Å². The van der Waals surface area contributed by atoms with Crippen LogP contribution in [0.4, 0.5) is 10.1 Å². The Hall–Kier alpha value is -4.07. The third-order valence-electron chi connectivity index (χ3n) is 4.12. The van der Waals surface area contributed by atoms with E-state index >= 15 is 0 Å². The van der Waals surface area contributed by atoms with Gasteiger partial charge in [0, 0.05) is 11.6 Å². The van der Waals surface area contributed by atoms with Gasteiger partial charge in [0.15, 0.2) is 0 Å². The maximum absolute atomic E-state index is 12.9. The molecule has 1 amide bonds. The zero-order chi connectivity index (χ0) is 21.3. The van der Waals surface area contributed by atoms with Gasteiger partial charge >= 0.3 is 0 Å². The second-order valence-electron chi connectivity index (χ2n) is 6.34. The van der Waals surface area contributed by atoms with Crippen molar-refractivity contribution < 1.29 is 18.8 Å². The number of nitrogens with zero attached hydrogens (tertiary/aromatic N) is 2. The highest BCUT2D eigenvalue weighted by molar-refractivity contribution is 5.84. The first-order chi connectivity index (χ1) is 14.5. The Morgan fingerprint density at radius 1 is 1.10 bits per heavy atom. The maximum Gasteiger partial charge on any atom is 0.273 e. The quantitative estimate of drug-likeness (QED) is 0.347. The Labute approximate surface area is 172 Å². The zero-order valence-corrected chi connectivity index (χ0v) is 15.8. The maximum atomic E-state index is 12.9. The van der Waals surface area contributed by atoms with Crippen molar-refractivity contribution in [1.29, 1.82) is 0 Å². The van der Waals surface area contributed by atoms with Crippen molar-refractivity contribution in [3.05, 3.63) is 105 Å². The summed E-state index contributed by atoms with van der Waals surface area (Å²) in [6.45, 7) is 0.285. The Balaban J connectivity index is 1.55.